The van der Waals surface area contributed by atoms with Crippen molar-refractivity contribution in [3.05, 3.63) is 0 Å². The predicted octanol–water partition coefficient (Wildman–Crippen LogP) is 1.44. The number of nitrogens with zero attached hydrogens (tertiary/aromatic N) is 1. The highest BCUT2D eigenvalue weighted by Gasteiger charge is 2.35. The van der Waals surface area contributed by atoms with E-state index in [-0.39, 0.29) is 12.0 Å². The topological polar surface area (TPSA) is 40.5 Å². The zero-order valence-electron chi connectivity index (χ0n) is 8.66. The Labute approximate surface area is 79.7 Å². The van der Waals surface area contributed by atoms with Gasteiger partial charge in [-0.15, -0.1) is 0 Å². The molecular weight excluding hydrogens is 166 g/mol. The van der Waals surface area contributed by atoms with Gasteiger partial charge in [-0.3, -0.25) is 9.69 Å². The summed E-state index contributed by atoms with van der Waals surface area (Å²) in [6, 6.07) is 0.208. The van der Waals surface area contributed by atoms with Crippen molar-refractivity contribution < 1.29 is 9.90 Å². The summed E-state index contributed by atoms with van der Waals surface area (Å²) in [6.45, 7) is 8.32. The quantitative estimate of drug-likeness (QED) is 0.723. The molecule has 0 aromatic heterocycles. The first-order chi connectivity index (χ1) is 6.02. The molecule has 1 heterocycles. The van der Waals surface area contributed by atoms with Gasteiger partial charge >= 0.3 is 5.97 Å². The van der Waals surface area contributed by atoms with Gasteiger partial charge in [-0.05, 0) is 25.8 Å². The molecule has 2 atom stereocenters. The summed E-state index contributed by atoms with van der Waals surface area (Å²) < 4.78 is 0. The maximum Gasteiger partial charge on any atom is 0.308 e. The number of likely N-dealkylation sites (tertiary alicyclic amines) is 1. The molecule has 0 saturated carbocycles. The van der Waals surface area contributed by atoms with Gasteiger partial charge in [-0.25, -0.2) is 0 Å². The maximum atomic E-state index is 10.8. The second-order valence-corrected chi connectivity index (χ2v) is 4.36. The molecular formula is C10H19NO2. The van der Waals surface area contributed by atoms with Gasteiger partial charge in [0, 0.05) is 12.6 Å². The average molecular weight is 185 g/mol. The van der Waals surface area contributed by atoms with Crippen LogP contribution in [0.5, 0.6) is 0 Å². The summed E-state index contributed by atoms with van der Waals surface area (Å²) in [5.41, 5.74) is 0. The van der Waals surface area contributed by atoms with E-state index in [1.54, 1.807) is 0 Å². The molecule has 1 fully saturated rings. The minimum atomic E-state index is -0.640. The third kappa shape index (κ3) is 2.44. The standard InChI is InChI=1S/C10H19NO2/c1-7(2)6-11-5-4-9(8(11)3)10(12)13/h7-9H,4-6H2,1-3H3,(H,12,13)/t8-,9+/m1/s1. The van der Waals surface area contributed by atoms with E-state index in [1.807, 2.05) is 6.92 Å². The van der Waals surface area contributed by atoms with E-state index in [1.165, 1.54) is 0 Å². The number of hydrogen-bond acceptors (Lipinski definition) is 2. The van der Waals surface area contributed by atoms with E-state index in [2.05, 4.69) is 18.7 Å². The second-order valence-electron chi connectivity index (χ2n) is 4.36. The fourth-order valence-corrected chi connectivity index (χ4v) is 2.06. The lowest BCUT2D eigenvalue weighted by Gasteiger charge is -2.24. The molecule has 1 rings (SSSR count). The summed E-state index contributed by atoms with van der Waals surface area (Å²) in [4.78, 5) is 13.1. The number of aliphatic carboxylic acids is 1. The molecule has 0 bridgehead atoms. The van der Waals surface area contributed by atoms with Crippen LogP contribution in [0.25, 0.3) is 0 Å². The average Bonchev–Trinajstić information content (AvgIpc) is 2.32. The lowest BCUT2D eigenvalue weighted by atomic mass is 10.0. The maximum absolute atomic E-state index is 10.8. The predicted molar refractivity (Wildman–Crippen MR) is 51.6 cm³/mol. The normalized spacial score (nSPS) is 29.8. The van der Waals surface area contributed by atoms with Gasteiger partial charge in [0.15, 0.2) is 0 Å². The lowest BCUT2D eigenvalue weighted by Crippen LogP contribution is -2.35. The summed E-state index contributed by atoms with van der Waals surface area (Å²) in [6.07, 6.45) is 0.809. The van der Waals surface area contributed by atoms with Crippen molar-refractivity contribution in [1.82, 2.24) is 4.90 Å². The van der Waals surface area contributed by atoms with Gasteiger partial charge < -0.3 is 5.11 Å². The molecule has 0 radical (unpaired) electrons. The van der Waals surface area contributed by atoms with E-state index in [9.17, 15) is 4.79 Å². The molecule has 0 amide bonds. The van der Waals surface area contributed by atoms with Crippen molar-refractivity contribution in [1.29, 1.82) is 0 Å². The number of carboxylic acids is 1. The highest BCUT2D eigenvalue weighted by Crippen LogP contribution is 2.24. The van der Waals surface area contributed by atoms with Crippen molar-refractivity contribution in [2.75, 3.05) is 13.1 Å². The van der Waals surface area contributed by atoms with Crippen LogP contribution >= 0.6 is 0 Å². The van der Waals surface area contributed by atoms with Crippen molar-refractivity contribution in [2.24, 2.45) is 11.8 Å². The van der Waals surface area contributed by atoms with Gasteiger partial charge in [0.1, 0.15) is 0 Å². The first-order valence-electron chi connectivity index (χ1n) is 4.99. The Bertz CT molecular complexity index is 191. The zero-order chi connectivity index (χ0) is 10.0. The Hall–Kier alpha value is -0.570. The molecule has 0 spiro atoms. The molecule has 1 N–H and O–H groups in total. The Morgan fingerprint density at radius 2 is 2.23 bits per heavy atom. The molecule has 0 aromatic carbocycles. The number of rotatable bonds is 3. The molecule has 1 aliphatic rings. The Morgan fingerprint density at radius 1 is 1.62 bits per heavy atom. The highest BCUT2D eigenvalue weighted by atomic mass is 16.4. The minimum Gasteiger partial charge on any atom is -0.481 e. The van der Waals surface area contributed by atoms with Gasteiger partial charge in [0.25, 0.3) is 0 Å². The van der Waals surface area contributed by atoms with Crippen LogP contribution in [0.2, 0.25) is 0 Å². The molecule has 1 aliphatic heterocycles. The van der Waals surface area contributed by atoms with Crippen LogP contribution < -0.4 is 0 Å². The summed E-state index contributed by atoms with van der Waals surface area (Å²) in [5, 5.41) is 8.91. The highest BCUT2D eigenvalue weighted by molar-refractivity contribution is 5.71. The van der Waals surface area contributed by atoms with Crippen LogP contribution in [0, 0.1) is 11.8 Å². The molecule has 0 aliphatic carbocycles. The van der Waals surface area contributed by atoms with Crippen LogP contribution in [0.3, 0.4) is 0 Å². The van der Waals surface area contributed by atoms with Gasteiger partial charge in [-0.2, -0.15) is 0 Å². The third-order valence-electron chi connectivity index (χ3n) is 2.80. The first-order valence-corrected chi connectivity index (χ1v) is 4.99. The molecule has 76 valence electrons. The van der Waals surface area contributed by atoms with Gasteiger partial charge in [0.05, 0.1) is 5.92 Å². The van der Waals surface area contributed by atoms with Crippen molar-refractivity contribution in [3.8, 4) is 0 Å². The monoisotopic (exact) mass is 185 g/mol. The smallest absolute Gasteiger partial charge is 0.308 e. The minimum absolute atomic E-state index is 0.154. The summed E-state index contributed by atoms with van der Waals surface area (Å²) in [7, 11) is 0. The fraction of sp³-hybridized carbons (Fsp3) is 0.900. The fourth-order valence-electron chi connectivity index (χ4n) is 2.06. The largest absolute Gasteiger partial charge is 0.481 e. The molecule has 13 heavy (non-hydrogen) atoms. The Balaban J connectivity index is 2.50. The third-order valence-corrected chi connectivity index (χ3v) is 2.80. The van der Waals surface area contributed by atoms with E-state index in [0.29, 0.717) is 5.92 Å². The lowest BCUT2D eigenvalue weighted by molar-refractivity contribution is -0.142. The van der Waals surface area contributed by atoms with Crippen molar-refractivity contribution >= 4 is 5.97 Å². The summed E-state index contributed by atoms with van der Waals surface area (Å²) >= 11 is 0. The van der Waals surface area contributed by atoms with E-state index in [0.717, 1.165) is 19.5 Å². The number of carbonyl (C=O) groups is 1. The second kappa shape index (κ2) is 4.09. The summed E-state index contributed by atoms with van der Waals surface area (Å²) in [5.74, 6) is -0.174. The van der Waals surface area contributed by atoms with Crippen LogP contribution in [0.4, 0.5) is 0 Å². The molecule has 3 nitrogen and oxygen atoms in total. The first kappa shape index (κ1) is 10.5. The van der Waals surface area contributed by atoms with Crippen LogP contribution in [-0.4, -0.2) is 35.1 Å². The van der Waals surface area contributed by atoms with E-state index < -0.39 is 5.97 Å². The molecule has 1 saturated heterocycles. The molecule has 0 unspecified atom stereocenters. The van der Waals surface area contributed by atoms with Crippen molar-refractivity contribution in [3.63, 3.8) is 0 Å². The SMILES string of the molecule is CC(C)CN1CC[C@H](C(=O)O)[C@H]1C. The Kier molecular flexibility index (Phi) is 3.31. The number of carboxylic acid groups (broad SMARTS) is 1. The van der Waals surface area contributed by atoms with E-state index >= 15 is 0 Å². The van der Waals surface area contributed by atoms with Crippen LogP contribution in [0.1, 0.15) is 27.2 Å². The number of hydrogen-bond donors (Lipinski definition) is 1. The van der Waals surface area contributed by atoms with Crippen LogP contribution in [0.15, 0.2) is 0 Å². The van der Waals surface area contributed by atoms with Crippen LogP contribution in [-0.2, 0) is 4.79 Å². The molecule has 3 heteroatoms. The van der Waals surface area contributed by atoms with Crippen molar-refractivity contribution in [2.45, 2.75) is 33.2 Å². The van der Waals surface area contributed by atoms with Gasteiger partial charge in [0.2, 0.25) is 0 Å². The van der Waals surface area contributed by atoms with Gasteiger partial charge in [-0.1, -0.05) is 13.8 Å². The zero-order valence-corrected chi connectivity index (χ0v) is 8.66. The molecule has 0 aromatic rings. The van der Waals surface area contributed by atoms with E-state index in [4.69, 9.17) is 5.11 Å². The Morgan fingerprint density at radius 3 is 2.62 bits per heavy atom.